The molecule has 0 bridgehead atoms. The number of aliphatic imine (C=N–C) groups is 1. The maximum absolute atomic E-state index is 5.65. The molecule has 0 aliphatic rings. The number of aromatic nitrogens is 1. The minimum absolute atomic E-state index is 0. The average Bonchev–Trinajstić information content (AvgIpc) is 2.69. The van der Waals surface area contributed by atoms with E-state index in [0.717, 1.165) is 16.9 Å². The van der Waals surface area contributed by atoms with Gasteiger partial charge in [-0.15, -0.1) is 24.0 Å². The number of halogens is 1. The highest BCUT2D eigenvalue weighted by molar-refractivity contribution is 14.0. The number of nitrogens with one attached hydrogen (secondary N) is 2. The maximum Gasteiger partial charge on any atom is 0.218 e. The van der Waals surface area contributed by atoms with Crippen LogP contribution in [-0.2, 0) is 17.8 Å². The van der Waals surface area contributed by atoms with Crippen molar-refractivity contribution in [1.29, 1.82) is 0 Å². The Bertz CT molecular complexity index is 713. The summed E-state index contributed by atoms with van der Waals surface area (Å²) in [5.41, 5.74) is 2.06. The zero-order valence-electron chi connectivity index (χ0n) is 15.9. The summed E-state index contributed by atoms with van der Waals surface area (Å²) >= 11 is 0. The van der Waals surface area contributed by atoms with Crippen LogP contribution in [0.25, 0.3) is 0 Å². The second-order valence-corrected chi connectivity index (χ2v) is 5.44. The largest absolute Gasteiger partial charge is 0.497 e. The van der Waals surface area contributed by atoms with Gasteiger partial charge in [0.2, 0.25) is 5.88 Å². The Morgan fingerprint density at radius 3 is 2.63 bits per heavy atom. The minimum Gasteiger partial charge on any atom is -0.497 e. The van der Waals surface area contributed by atoms with Gasteiger partial charge in [-0.25, -0.2) is 4.98 Å². The molecule has 0 amide bonds. The number of guanidine groups is 1. The van der Waals surface area contributed by atoms with Gasteiger partial charge in [0.05, 0.1) is 13.7 Å². The van der Waals surface area contributed by atoms with Crippen molar-refractivity contribution in [3.8, 4) is 11.6 Å². The topological polar surface area (TPSA) is 77.0 Å². The minimum atomic E-state index is 0. The lowest BCUT2D eigenvalue weighted by atomic mass is 10.2. The van der Waals surface area contributed by atoms with Gasteiger partial charge >= 0.3 is 0 Å². The molecule has 1 aromatic heterocycles. The molecule has 0 atom stereocenters. The van der Waals surface area contributed by atoms with E-state index in [1.54, 1.807) is 27.5 Å². The molecular weight excluding hydrogens is 459 g/mol. The Labute approximate surface area is 177 Å². The fourth-order valence-corrected chi connectivity index (χ4v) is 2.28. The summed E-state index contributed by atoms with van der Waals surface area (Å²) in [5, 5.41) is 6.55. The lowest BCUT2D eigenvalue weighted by molar-refractivity contribution is 0.143. The van der Waals surface area contributed by atoms with E-state index in [-0.39, 0.29) is 24.0 Å². The third-order valence-corrected chi connectivity index (χ3v) is 3.64. The normalized spacial score (nSPS) is 10.7. The van der Waals surface area contributed by atoms with Crippen molar-refractivity contribution in [3.63, 3.8) is 0 Å². The summed E-state index contributed by atoms with van der Waals surface area (Å²) in [4.78, 5) is 8.52. The van der Waals surface area contributed by atoms with Crippen LogP contribution in [0.2, 0.25) is 0 Å². The fraction of sp³-hybridized carbons (Fsp3) is 0.368. The van der Waals surface area contributed by atoms with Gasteiger partial charge in [-0.05, 0) is 23.8 Å². The first-order chi connectivity index (χ1) is 12.8. The number of nitrogens with zero attached hydrogens (tertiary/aromatic N) is 2. The van der Waals surface area contributed by atoms with Gasteiger partial charge in [0.1, 0.15) is 12.4 Å². The predicted molar refractivity (Wildman–Crippen MR) is 117 cm³/mol. The highest BCUT2D eigenvalue weighted by atomic mass is 127. The Morgan fingerprint density at radius 2 is 1.89 bits per heavy atom. The highest BCUT2D eigenvalue weighted by Gasteiger charge is 2.06. The van der Waals surface area contributed by atoms with Crippen LogP contribution in [0.4, 0.5) is 0 Å². The van der Waals surface area contributed by atoms with E-state index in [1.165, 1.54) is 0 Å². The van der Waals surface area contributed by atoms with Crippen LogP contribution in [0.15, 0.2) is 47.6 Å². The van der Waals surface area contributed by atoms with Crippen molar-refractivity contribution < 1.29 is 14.2 Å². The molecule has 2 aromatic rings. The molecule has 8 heteroatoms. The van der Waals surface area contributed by atoms with Gasteiger partial charge in [-0.2, -0.15) is 0 Å². The first kappa shape index (κ1) is 23.0. The van der Waals surface area contributed by atoms with E-state index < -0.39 is 0 Å². The number of hydrogen-bond acceptors (Lipinski definition) is 5. The summed E-state index contributed by atoms with van der Waals surface area (Å²) in [7, 11) is 5.04. The first-order valence-corrected chi connectivity index (χ1v) is 8.40. The molecule has 0 saturated heterocycles. The van der Waals surface area contributed by atoms with Gasteiger partial charge < -0.3 is 24.8 Å². The molecular formula is C19H27IN4O3. The Hall–Kier alpha value is -2.07. The summed E-state index contributed by atoms with van der Waals surface area (Å²) in [6, 6.07) is 11.8. The molecule has 1 heterocycles. The zero-order chi connectivity index (χ0) is 18.6. The summed E-state index contributed by atoms with van der Waals surface area (Å²) < 4.78 is 15.9. The molecule has 1 aromatic carbocycles. The molecule has 2 rings (SSSR count). The van der Waals surface area contributed by atoms with Gasteiger partial charge in [-0.1, -0.05) is 18.2 Å². The molecule has 0 saturated carbocycles. The van der Waals surface area contributed by atoms with Gasteiger partial charge in [0, 0.05) is 39.0 Å². The Morgan fingerprint density at radius 1 is 1.07 bits per heavy atom. The SMILES string of the molecule is CN=C(NCc1cccc(OC)c1)NCc1cccnc1OCCOC.I. The molecule has 148 valence electrons. The van der Waals surface area contributed by atoms with Crippen LogP contribution in [0, 0.1) is 0 Å². The van der Waals surface area contributed by atoms with E-state index in [9.17, 15) is 0 Å². The second-order valence-electron chi connectivity index (χ2n) is 5.44. The number of hydrogen-bond donors (Lipinski definition) is 2. The average molecular weight is 486 g/mol. The van der Waals surface area contributed by atoms with Gasteiger partial charge in [-0.3, -0.25) is 4.99 Å². The predicted octanol–water partition coefficient (Wildman–Crippen LogP) is 2.60. The molecule has 0 spiro atoms. The standard InChI is InChI=1S/C19H26N4O3.HI/c1-20-19(22-13-15-6-4-8-17(12-15)25-3)23-14-16-7-5-9-21-18(16)26-11-10-24-2;/h4-9,12H,10-11,13-14H2,1-3H3,(H2,20,22,23);1H. The fourth-order valence-electron chi connectivity index (χ4n) is 2.28. The van der Waals surface area contributed by atoms with Crippen molar-refractivity contribution in [2.24, 2.45) is 4.99 Å². The zero-order valence-corrected chi connectivity index (χ0v) is 18.2. The Kier molecular flexibility index (Phi) is 11.2. The van der Waals surface area contributed by atoms with E-state index in [4.69, 9.17) is 14.2 Å². The molecule has 0 radical (unpaired) electrons. The lowest BCUT2D eigenvalue weighted by Gasteiger charge is -2.14. The second kappa shape index (κ2) is 13.2. The Balaban J connectivity index is 0.00000364. The van der Waals surface area contributed by atoms with Crippen molar-refractivity contribution in [2.45, 2.75) is 13.1 Å². The summed E-state index contributed by atoms with van der Waals surface area (Å²) in [5.74, 6) is 2.13. The van der Waals surface area contributed by atoms with Crippen molar-refractivity contribution in [1.82, 2.24) is 15.6 Å². The van der Waals surface area contributed by atoms with Crippen LogP contribution < -0.4 is 20.1 Å². The van der Waals surface area contributed by atoms with Gasteiger partial charge in [0.25, 0.3) is 0 Å². The molecule has 7 nitrogen and oxygen atoms in total. The summed E-state index contributed by atoms with van der Waals surface area (Å²) in [6.45, 7) is 2.17. The van der Waals surface area contributed by atoms with Crippen molar-refractivity contribution in [2.75, 3.05) is 34.5 Å². The monoisotopic (exact) mass is 486 g/mol. The highest BCUT2D eigenvalue weighted by Crippen LogP contribution is 2.14. The van der Waals surface area contributed by atoms with E-state index >= 15 is 0 Å². The lowest BCUT2D eigenvalue weighted by Crippen LogP contribution is -2.36. The first-order valence-electron chi connectivity index (χ1n) is 8.40. The molecule has 0 aliphatic heterocycles. The number of rotatable bonds is 9. The molecule has 0 fully saturated rings. The van der Waals surface area contributed by atoms with E-state index in [0.29, 0.717) is 38.1 Å². The van der Waals surface area contributed by atoms with Gasteiger partial charge in [0.15, 0.2) is 5.96 Å². The van der Waals surface area contributed by atoms with Crippen molar-refractivity contribution in [3.05, 3.63) is 53.7 Å². The molecule has 27 heavy (non-hydrogen) atoms. The maximum atomic E-state index is 5.65. The van der Waals surface area contributed by atoms with Crippen LogP contribution in [0.5, 0.6) is 11.6 Å². The quantitative estimate of drug-likeness (QED) is 0.246. The number of ether oxygens (including phenoxy) is 3. The number of methoxy groups -OCH3 is 2. The van der Waals surface area contributed by atoms with Crippen LogP contribution >= 0.6 is 24.0 Å². The summed E-state index contributed by atoms with van der Waals surface area (Å²) in [6.07, 6.45) is 1.71. The third-order valence-electron chi connectivity index (χ3n) is 3.64. The number of benzene rings is 1. The molecule has 2 N–H and O–H groups in total. The van der Waals surface area contributed by atoms with Crippen LogP contribution in [-0.4, -0.2) is 45.4 Å². The van der Waals surface area contributed by atoms with E-state index in [2.05, 4.69) is 20.6 Å². The number of pyridine rings is 1. The van der Waals surface area contributed by atoms with Crippen LogP contribution in [0.3, 0.4) is 0 Å². The third kappa shape index (κ3) is 8.00. The molecule has 0 unspecified atom stereocenters. The van der Waals surface area contributed by atoms with E-state index in [1.807, 2.05) is 36.4 Å². The smallest absolute Gasteiger partial charge is 0.218 e. The molecule has 0 aliphatic carbocycles. The van der Waals surface area contributed by atoms with Crippen molar-refractivity contribution >= 4 is 29.9 Å². The van der Waals surface area contributed by atoms with Crippen LogP contribution in [0.1, 0.15) is 11.1 Å².